The average molecular weight is 246 g/mol. The lowest BCUT2D eigenvalue weighted by molar-refractivity contribution is 0.394. The highest BCUT2D eigenvalue weighted by Crippen LogP contribution is 2.27. The molecule has 2 N–H and O–H groups in total. The van der Waals surface area contributed by atoms with Crippen molar-refractivity contribution < 1.29 is 8.42 Å². The molecule has 0 amide bonds. The van der Waals surface area contributed by atoms with E-state index in [1.54, 1.807) is 17.5 Å². The van der Waals surface area contributed by atoms with Crippen LogP contribution in [0.2, 0.25) is 0 Å². The number of sulfonamides is 1. The van der Waals surface area contributed by atoms with Gasteiger partial charge in [-0.25, -0.2) is 8.42 Å². The Balaban J connectivity index is 2.32. The van der Waals surface area contributed by atoms with Crippen LogP contribution in [0.1, 0.15) is 13.3 Å². The van der Waals surface area contributed by atoms with Crippen LogP contribution >= 0.6 is 11.3 Å². The lowest BCUT2D eigenvalue weighted by atomic mass is 10.2. The Morgan fingerprint density at radius 3 is 2.80 bits per heavy atom. The molecule has 0 bridgehead atoms. The summed E-state index contributed by atoms with van der Waals surface area (Å²) in [5.74, 6) is 0. The maximum atomic E-state index is 12.1. The molecule has 2 atom stereocenters. The smallest absolute Gasteiger partial charge is 0.252 e. The normalized spacial score (nSPS) is 28.4. The van der Waals surface area contributed by atoms with E-state index >= 15 is 0 Å². The number of rotatable bonds is 2. The zero-order valence-corrected chi connectivity index (χ0v) is 10.1. The standard InChI is InChI=1S/C9H14N2O2S2/c1-7-8(10)4-5-11(7)15(12,13)9-3-2-6-14-9/h2-3,6-8H,4-5,10H2,1H3. The summed E-state index contributed by atoms with van der Waals surface area (Å²) in [5, 5.41) is 1.77. The molecule has 0 spiro atoms. The fourth-order valence-corrected chi connectivity index (χ4v) is 4.61. The third-order valence-electron chi connectivity index (χ3n) is 2.81. The number of nitrogens with two attached hydrogens (primary N) is 1. The van der Waals surface area contributed by atoms with Crippen LogP contribution in [-0.2, 0) is 10.0 Å². The molecule has 2 unspecified atom stereocenters. The highest BCUT2D eigenvalue weighted by molar-refractivity contribution is 7.91. The monoisotopic (exact) mass is 246 g/mol. The Morgan fingerprint density at radius 1 is 1.60 bits per heavy atom. The van der Waals surface area contributed by atoms with E-state index in [0.717, 1.165) is 6.42 Å². The van der Waals surface area contributed by atoms with Crippen molar-refractivity contribution in [1.82, 2.24) is 4.31 Å². The van der Waals surface area contributed by atoms with Gasteiger partial charge in [0.25, 0.3) is 10.0 Å². The lowest BCUT2D eigenvalue weighted by Gasteiger charge is -2.21. The van der Waals surface area contributed by atoms with Gasteiger partial charge in [0.05, 0.1) is 0 Å². The first-order chi connectivity index (χ1) is 7.03. The van der Waals surface area contributed by atoms with Crippen molar-refractivity contribution in [2.45, 2.75) is 29.6 Å². The van der Waals surface area contributed by atoms with Crippen molar-refractivity contribution in [3.8, 4) is 0 Å². The third kappa shape index (κ3) is 1.82. The van der Waals surface area contributed by atoms with Crippen LogP contribution in [0.25, 0.3) is 0 Å². The van der Waals surface area contributed by atoms with E-state index in [1.807, 2.05) is 6.92 Å². The minimum absolute atomic E-state index is 0.0419. The summed E-state index contributed by atoms with van der Waals surface area (Å²) in [6, 6.07) is 3.24. The fraction of sp³-hybridized carbons (Fsp3) is 0.556. The number of hydrogen-bond acceptors (Lipinski definition) is 4. The molecule has 1 fully saturated rings. The van der Waals surface area contributed by atoms with Crippen molar-refractivity contribution in [1.29, 1.82) is 0 Å². The second kappa shape index (κ2) is 3.86. The Morgan fingerprint density at radius 2 is 2.33 bits per heavy atom. The minimum Gasteiger partial charge on any atom is -0.326 e. The molecule has 0 saturated carbocycles. The van der Waals surface area contributed by atoms with Crippen LogP contribution in [-0.4, -0.2) is 31.4 Å². The van der Waals surface area contributed by atoms with Gasteiger partial charge in [-0.2, -0.15) is 4.31 Å². The summed E-state index contributed by atoms with van der Waals surface area (Å²) in [4.78, 5) is 0. The van der Waals surface area contributed by atoms with E-state index in [9.17, 15) is 8.42 Å². The van der Waals surface area contributed by atoms with Gasteiger partial charge < -0.3 is 5.73 Å². The highest BCUT2D eigenvalue weighted by Gasteiger charge is 2.37. The summed E-state index contributed by atoms with van der Waals surface area (Å²) in [5.41, 5.74) is 5.82. The van der Waals surface area contributed by atoms with Gasteiger partial charge >= 0.3 is 0 Å². The predicted octanol–water partition coefficient (Wildman–Crippen LogP) is 0.858. The molecule has 1 aromatic rings. The summed E-state index contributed by atoms with van der Waals surface area (Å²) in [6.07, 6.45) is 0.742. The predicted molar refractivity (Wildman–Crippen MR) is 60.3 cm³/mol. The Bertz CT molecular complexity index is 427. The molecular weight excluding hydrogens is 232 g/mol. The van der Waals surface area contributed by atoms with Gasteiger partial charge in [-0.05, 0) is 24.8 Å². The number of nitrogens with zero attached hydrogens (tertiary/aromatic N) is 1. The van der Waals surface area contributed by atoms with E-state index in [4.69, 9.17) is 5.73 Å². The van der Waals surface area contributed by atoms with Gasteiger partial charge in [0.15, 0.2) is 0 Å². The Hall–Kier alpha value is -0.430. The molecule has 4 nitrogen and oxygen atoms in total. The molecule has 6 heteroatoms. The first-order valence-electron chi connectivity index (χ1n) is 4.84. The van der Waals surface area contributed by atoms with E-state index in [-0.39, 0.29) is 12.1 Å². The third-order valence-corrected chi connectivity index (χ3v) is 6.17. The first kappa shape index (κ1) is 11.1. The number of hydrogen-bond donors (Lipinski definition) is 1. The van der Waals surface area contributed by atoms with Crippen LogP contribution in [0.5, 0.6) is 0 Å². The van der Waals surface area contributed by atoms with Crippen molar-refractivity contribution in [2.75, 3.05) is 6.54 Å². The summed E-state index contributed by atoms with van der Waals surface area (Å²) in [6.45, 7) is 2.39. The van der Waals surface area contributed by atoms with Gasteiger partial charge in [0, 0.05) is 18.6 Å². The SMILES string of the molecule is CC1C(N)CCN1S(=O)(=O)c1cccs1. The molecule has 0 aliphatic carbocycles. The van der Waals surface area contributed by atoms with Gasteiger partial charge in [0.2, 0.25) is 0 Å². The van der Waals surface area contributed by atoms with Gasteiger partial charge in [-0.15, -0.1) is 11.3 Å². The molecule has 2 heterocycles. The zero-order chi connectivity index (χ0) is 11.1. The molecule has 0 aromatic carbocycles. The largest absolute Gasteiger partial charge is 0.326 e. The van der Waals surface area contributed by atoms with E-state index < -0.39 is 10.0 Å². The molecular formula is C9H14N2O2S2. The van der Waals surface area contributed by atoms with Crippen LogP contribution in [0.15, 0.2) is 21.7 Å². The van der Waals surface area contributed by atoms with E-state index in [2.05, 4.69) is 0 Å². The molecule has 2 rings (SSSR count). The summed E-state index contributed by atoms with van der Waals surface area (Å²) >= 11 is 1.25. The molecule has 84 valence electrons. The lowest BCUT2D eigenvalue weighted by Crippen LogP contribution is -2.40. The second-order valence-corrected chi connectivity index (χ2v) is 6.81. The molecule has 0 radical (unpaired) electrons. The fourth-order valence-electron chi connectivity index (χ4n) is 1.80. The van der Waals surface area contributed by atoms with Crippen LogP contribution in [0, 0.1) is 0 Å². The quantitative estimate of drug-likeness (QED) is 0.841. The maximum absolute atomic E-state index is 12.1. The van der Waals surface area contributed by atoms with Gasteiger partial charge in [-0.1, -0.05) is 6.07 Å². The van der Waals surface area contributed by atoms with E-state index in [1.165, 1.54) is 15.6 Å². The Kier molecular flexibility index (Phi) is 2.85. The maximum Gasteiger partial charge on any atom is 0.252 e. The van der Waals surface area contributed by atoms with Crippen molar-refractivity contribution >= 4 is 21.4 Å². The van der Waals surface area contributed by atoms with Crippen LogP contribution in [0.3, 0.4) is 0 Å². The average Bonchev–Trinajstić information content (AvgIpc) is 2.78. The van der Waals surface area contributed by atoms with Crippen LogP contribution in [0.4, 0.5) is 0 Å². The second-order valence-electron chi connectivity index (χ2n) is 3.74. The first-order valence-corrected chi connectivity index (χ1v) is 7.16. The van der Waals surface area contributed by atoms with Crippen molar-refractivity contribution in [3.05, 3.63) is 17.5 Å². The Labute approximate surface area is 93.8 Å². The summed E-state index contributed by atoms with van der Waals surface area (Å²) in [7, 11) is -3.31. The number of thiophene rings is 1. The van der Waals surface area contributed by atoms with Gasteiger partial charge in [0.1, 0.15) is 4.21 Å². The van der Waals surface area contributed by atoms with Crippen LogP contribution < -0.4 is 5.73 Å². The van der Waals surface area contributed by atoms with E-state index in [0.29, 0.717) is 10.8 Å². The van der Waals surface area contributed by atoms with Crippen molar-refractivity contribution in [3.63, 3.8) is 0 Å². The molecule has 1 aliphatic heterocycles. The van der Waals surface area contributed by atoms with Gasteiger partial charge in [-0.3, -0.25) is 0 Å². The summed E-state index contributed by atoms with van der Waals surface area (Å²) < 4.78 is 26.2. The minimum atomic E-state index is -3.31. The molecule has 1 aliphatic rings. The molecule has 1 saturated heterocycles. The molecule has 15 heavy (non-hydrogen) atoms. The molecule has 1 aromatic heterocycles. The zero-order valence-electron chi connectivity index (χ0n) is 8.46. The highest BCUT2D eigenvalue weighted by atomic mass is 32.2. The topological polar surface area (TPSA) is 63.4 Å². The van der Waals surface area contributed by atoms with Crippen molar-refractivity contribution in [2.24, 2.45) is 5.73 Å².